The second-order valence-corrected chi connectivity index (χ2v) is 6.64. The number of fused-ring (bicyclic) bond motifs is 1. The number of nitrogens with one attached hydrogen (secondary N) is 3. The van der Waals surface area contributed by atoms with Gasteiger partial charge in [0.15, 0.2) is 0 Å². The van der Waals surface area contributed by atoms with E-state index in [9.17, 15) is 4.79 Å². The van der Waals surface area contributed by atoms with E-state index < -0.39 is 0 Å². The fraction of sp³-hybridized carbons (Fsp3) is 0.0870. The third kappa shape index (κ3) is 4.01. The Morgan fingerprint density at radius 3 is 2.56 bits per heavy atom. The number of aryl methyl sites for hydroxylation is 1. The zero-order chi connectivity index (χ0) is 18.6. The van der Waals surface area contributed by atoms with Gasteiger partial charge in [-0.1, -0.05) is 60.2 Å². The number of rotatable bonds is 4. The molecule has 3 aromatic carbocycles. The number of benzene rings is 3. The Morgan fingerprint density at radius 1 is 0.926 bits per heavy atom. The molecular weight excluding hydrogens is 334 g/mol. The molecule has 0 saturated carbocycles. The summed E-state index contributed by atoms with van der Waals surface area (Å²) in [5.74, 6) is 0. The SMILES string of the molecule is Cc1ccc(CNC(=O)Nc2cccc(-c3cc4ccccc4[nH]3)c2)cc1. The first-order valence-electron chi connectivity index (χ1n) is 8.96. The summed E-state index contributed by atoms with van der Waals surface area (Å²) in [6.45, 7) is 2.54. The number of urea groups is 1. The normalized spacial score (nSPS) is 10.7. The Bertz CT molecular complexity index is 1050. The van der Waals surface area contributed by atoms with Crippen molar-refractivity contribution in [2.45, 2.75) is 13.5 Å². The molecule has 1 aromatic heterocycles. The van der Waals surface area contributed by atoms with Crippen LogP contribution in [0.2, 0.25) is 0 Å². The lowest BCUT2D eigenvalue weighted by Gasteiger charge is -2.09. The molecule has 1 heterocycles. The van der Waals surface area contributed by atoms with E-state index in [0.29, 0.717) is 6.54 Å². The first-order valence-corrected chi connectivity index (χ1v) is 8.96. The molecule has 0 aliphatic rings. The van der Waals surface area contributed by atoms with E-state index in [1.807, 2.05) is 67.6 Å². The highest BCUT2D eigenvalue weighted by Gasteiger charge is 2.06. The molecule has 4 heteroatoms. The van der Waals surface area contributed by atoms with Gasteiger partial charge in [-0.25, -0.2) is 4.79 Å². The van der Waals surface area contributed by atoms with Crippen molar-refractivity contribution >= 4 is 22.6 Å². The number of carbonyl (C=O) groups is 1. The molecule has 0 fully saturated rings. The quantitative estimate of drug-likeness (QED) is 0.447. The second-order valence-electron chi connectivity index (χ2n) is 6.64. The van der Waals surface area contributed by atoms with Crippen LogP contribution < -0.4 is 10.6 Å². The van der Waals surface area contributed by atoms with Gasteiger partial charge >= 0.3 is 6.03 Å². The fourth-order valence-corrected chi connectivity index (χ4v) is 3.06. The maximum Gasteiger partial charge on any atom is 0.319 e. The predicted molar refractivity (Wildman–Crippen MR) is 111 cm³/mol. The van der Waals surface area contributed by atoms with E-state index in [1.165, 1.54) is 10.9 Å². The molecule has 0 bridgehead atoms. The largest absolute Gasteiger partial charge is 0.355 e. The summed E-state index contributed by atoms with van der Waals surface area (Å²) >= 11 is 0. The van der Waals surface area contributed by atoms with E-state index in [4.69, 9.17) is 0 Å². The molecule has 0 unspecified atom stereocenters. The number of hydrogen-bond acceptors (Lipinski definition) is 1. The third-order valence-electron chi connectivity index (χ3n) is 4.54. The van der Waals surface area contributed by atoms with Crippen LogP contribution in [0.1, 0.15) is 11.1 Å². The topological polar surface area (TPSA) is 56.9 Å². The van der Waals surface area contributed by atoms with Crippen molar-refractivity contribution in [1.29, 1.82) is 0 Å². The Labute approximate surface area is 158 Å². The molecule has 2 amide bonds. The van der Waals surface area contributed by atoms with Crippen LogP contribution in [-0.2, 0) is 6.54 Å². The smallest absolute Gasteiger partial charge is 0.319 e. The summed E-state index contributed by atoms with van der Waals surface area (Å²) in [6.07, 6.45) is 0. The number of H-pyrrole nitrogens is 1. The van der Waals surface area contributed by atoms with Crippen LogP contribution in [-0.4, -0.2) is 11.0 Å². The van der Waals surface area contributed by atoms with Gasteiger partial charge in [-0.15, -0.1) is 0 Å². The summed E-state index contributed by atoms with van der Waals surface area (Å²) < 4.78 is 0. The second kappa shape index (κ2) is 7.38. The van der Waals surface area contributed by atoms with Crippen LogP contribution in [0, 0.1) is 6.92 Å². The summed E-state index contributed by atoms with van der Waals surface area (Å²) in [5.41, 5.74) is 6.19. The predicted octanol–water partition coefficient (Wildman–Crippen LogP) is 5.47. The number of carbonyl (C=O) groups excluding carboxylic acids is 1. The molecule has 0 radical (unpaired) electrons. The maximum atomic E-state index is 12.2. The van der Waals surface area contributed by atoms with Crippen molar-refractivity contribution in [3.05, 3.63) is 90.0 Å². The highest BCUT2D eigenvalue weighted by atomic mass is 16.2. The van der Waals surface area contributed by atoms with Crippen molar-refractivity contribution in [3.63, 3.8) is 0 Å². The maximum absolute atomic E-state index is 12.2. The van der Waals surface area contributed by atoms with Crippen LogP contribution in [0.3, 0.4) is 0 Å². The molecule has 134 valence electrons. The van der Waals surface area contributed by atoms with Gasteiger partial charge in [0.2, 0.25) is 0 Å². The van der Waals surface area contributed by atoms with Crippen molar-refractivity contribution in [3.8, 4) is 11.3 Å². The van der Waals surface area contributed by atoms with Crippen LogP contribution in [0.4, 0.5) is 10.5 Å². The molecule has 3 N–H and O–H groups in total. The molecule has 0 spiro atoms. The van der Waals surface area contributed by atoms with Gasteiger partial charge in [-0.3, -0.25) is 0 Å². The average Bonchev–Trinajstić information content (AvgIpc) is 3.12. The molecular formula is C23H21N3O. The van der Waals surface area contributed by atoms with E-state index in [-0.39, 0.29) is 6.03 Å². The van der Waals surface area contributed by atoms with Crippen LogP contribution in [0.5, 0.6) is 0 Å². The number of amides is 2. The van der Waals surface area contributed by atoms with Gasteiger partial charge in [0.1, 0.15) is 0 Å². The van der Waals surface area contributed by atoms with E-state index in [2.05, 4.69) is 33.8 Å². The van der Waals surface area contributed by atoms with Gasteiger partial charge in [0.25, 0.3) is 0 Å². The Balaban J connectivity index is 1.44. The van der Waals surface area contributed by atoms with Crippen molar-refractivity contribution < 1.29 is 4.79 Å². The highest BCUT2D eigenvalue weighted by molar-refractivity contribution is 5.91. The number of anilines is 1. The Kier molecular flexibility index (Phi) is 4.62. The van der Waals surface area contributed by atoms with Gasteiger partial charge in [0, 0.05) is 34.4 Å². The van der Waals surface area contributed by atoms with Gasteiger partial charge in [0.05, 0.1) is 0 Å². The van der Waals surface area contributed by atoms with Crippen LogP contribution >= 0.6 is 0 Å². The first-order chi connectivity index (χ1) is 13.2. The van der Waals surface area contributed by atoms with Crippen molar-refractivity contribution in [2.24, 2.45) is 0 Å². The molecule has 27 heavy (non-hydrogen) atoms. The minimum atomic E-state index is -0.218. The third-order valence-corrected chi connectivity index (χ3v) is 4.54. The summed E-state index contributed by atoms with van der Waals surface area (Å²) in [6, 6.07) is 26.0. The molecule has 0 atom stereocenters. The molecule has 4 rings (SSSR count). The van der Waals surface area contributed by atoms with Crippen molar-refractivity contribution in [1.82, 2.24) is 10.3 Å². The van der Waals surface area contributed by atoms with E-state index in [0.717, 1.165) is 28.0 Å². The Morgan fingerprint density at radius 2 is 1.74 bits per heavy atom. The van der Waals surface area contributed by atoms with Crippen LogP contribution in [0.15, 0.2) is 78.9 Å². The summed E-state index contributed by atoms with van der Waals surface area (Å²) in [7, 11) is 0. The van der Waals surface area contributed by atoms with Gasteiger partial charge < -0.3 is 15.6 Å². The van der Waals surface area contributed by atoms with E-state index in [1.54, 1.807) is 0 Å². The number of aromatic nitrogens is 1. The van der Waals surface area contributed by atoms with Crippen molar-refractivity contribution in [2.75, 3.05) is 5.32 Å². The molecule has 4 nitrogen and oxygen atoms in total. The zero-order valence-corrected chi connectivity index (χ0v) is 15.1. The molecule has 0 saturated heterocycles. The minimum Gasteiger partial charge on any atom is -0.355 e. The Hall–Kier alpha value is -3.53. The minimum absolute atomic E-state index is 0.218. The zero-order valence-electron chi connectivity index (χ0n) is 15.1. The monoisotopic (exact) mass is 355 g/mol. The molecule has 4 aromatic rings. The van der Waals surface area contributed by atoms with Gasteiger partial charge in [-0.2, -0.15) is 0 Å². The summed E-state index contributed by atoms with van der Waals surface area (Å²) in [4.78, 5) is 15.6. The van der Waals surface area contributed by atoms with Crippen LogP contribution in [0.25, 0.3) is 22.2 Å². The standard InChI is InChI=1S/C23H21N3O/c1-16-9-11-17(12-10-16)15-24-23(27)25-20-7-4-6-18(13-20)22-14-19-5-2-3-8-21(19)26-22/h2-14,26H,15H2,1H3,(H2,24,25,27). The lowest BCUT2D eigenvalue weighted by Crippen LogP contribution is -2.28. The number of aromatic amines is 1. The summed E-state index contributed by atoms with van der Waals surface area (Å²) in [5, 5.41) is 6.96. The molecule has 0 aliphatic heterocycles. The first kappa shape index (κ1) is 16.9. The fourth-order valence-electron chi connectivity index (χ4n) is 3.06. The lowest BCUT2D eigenvalue weighted by atomic mass is 10.1. The highest BCUT2D eigenvalue weighted by Crippen LogP contribution is 2.26. The number of para-hydroxylation sites is 1. The van der Waals surface area contributed by atoms with E-state index >= 15 is 0 Å². The lowest BCUT2D eigenvalue weighted by molar-refractivity contribution is 0.251. The average molecular weight is 355 g/mol. The van der Waals surface area contributed by atoms with Gasteiger partial charge in [-0.05, 0) is 36.8 Å². The number of hydrogen-bond donors (Lipinski definition) is 3. The molecule has 0 aliphatic carbocycles.